The number of aliphatic carboxylic acids is 1. The van der Waals surface area contributed by atoms with Gasteiger partial charge in [-0.15, -0.1) is 0 Å². The molecular weight excluding hydrogens is 985 g/mol. The van der Waals surface area contributed by atoms with E-state index in [1.165, 1.54) is 4.90 Å². The van der Waals surface area contributed by atoms with Crippen molar-refractivity contribution in [1.82, 2.24) is 42.1 Å². The van der Waals surface area contributed by atoms with Gasteiger partial charge in [-0.3, -0.25) is 53.1 Å². The van der Waals surface area contributed by atoms with E-state index in [0.29, 0.717) is 6.42 Å². The second-order valence-corrected chi connectivity index (χ2v) is 18.9. The smallest absolute Gasteiger partial charge is 0.326 e. The van der Waals surface area contributed by atoms with Crippen molar-refractivity contribution in [2.24, 2.45) is 56.2 Å². The molecule has 0 radical (unpaired) electrons. The van der Waals surface area contributed by atoms with Gasteiger partial charge in [-0.2, -0.15) is 12.6 Å². The summed E-state index contributed by atoms with van der Waals surface area (Å²) in [6.45, 7) is 6.27. The van der Waals surface area contributed by atoms with Crippen LogP contribution in [0.3, 0.4) is 0 Å². The molecule has 28 heteroatoms. The maximum Gasteiger partial charge on any atom is 0.326 e. The van der Waals surface area contributed by atoms with Crippen LogP contribution in [0.5, 0.6) is 0 Å². The van der Waals surface area contributed by atoms with Crippen molar-refractivity contribution in [3.63, 3.8) is 0 Å². The molecule has 0 bridgehead atoms. The van der Waals surface area contributed by atoms with E-state index < -0.39 is 126 Å². The number of amides is 9. The van der Waals surface area contributed by atoms with Crippen LogP contribution in [0.4, 0.5) is 0 Å². The fourth-order valence-corrected chi connectivity index (χ4v) is 7.85. The van der Waals surface area contributed by atoms with Gasteiger partial charge in [-0.1, -0.05) is 58.0 Å². The van der Waals surface area contributed by atoms with Crippen molar-refractivity contribution in [2.75, 3.05) is 31.9 Å². The van der Waals surface area contributed by atoms with Gasteiger partial charge in [0.2, 0.25) is 53.2 Å². The molecule has 8 atom stereocenters. The number of nitrogens with zero attached hydrogens (tertiary/aromatic N) is 3. The van der Waals surface area contributed by atoms with Crippen molar-refractivity contribution in [1.29, 1.82) is 0 Å². The largest absolute Gasteiger partial charge is 0.480 e. The van der Waals surface area contributed by atoms with Crippen molar-refractivity contribution in [3.8, 4) is 0 Å². The van der Waals surface area contributed by atoms with E-state index in [4.69, 9.17) is 34.4 Å². The fraction of sp³-hybridized carbons (Fsp3) is 0.609. The van der Waals surface area contributed by atoms with Gasteiger partial charge in [0.1, 0.15) is 42.3 Å². The Kier molecular flexibility index (Phi) is 27.2. The van der Waals surface area contributed by atoms with E-state index in [2.05, 4.69) is 59.8 Å². The number of carboxylic acid groups (broad SMARTS) is 1. The van der Waals surface area contributed by atoms with Crippen LogP contribution in [0.25, 0.3) is 0 Å². The lowest BCUT2D eigenvalue weighted by Gasteiger charge is -2.29. The molecule has 2 rings (SSSR count). The highest BCUT2D eigenvalue weighted by Crippen LogP contribution is 2.20. The first kappa shape index (κ1) is 62.9. The van der Waals surface area contributed by atoms with E-state index in [-0.39, 0.29) is 88.2 Å². The molecule has 9 amide bonds. The van der Waals surface area contributed by atoms with Crippen LogP contribution in [0.2, 0.25) is 0 Å². The average Bonchev–Trinajstić information content (AvgIpc) is 3.83. The van der Waals surface area contributed by atoms with Gasteiger partial charge in [0.05, 0.1) is 19.0 Å². The maximum atomic E-state index is 14.0. The molecule has 1 heterocycles. The number of benzene rings is 1. The van der Waals surface area contributed by atoms with Crippen molar-refractivity contribution < 1.29 is 53.1 Å². The summed E-state index contributed by atoms with van der Waals surface area (Å²) >= 11 is 4.08. The van der Waals surface area contributed by atoms with Crippen LogP contribution < -0.4 is 71.6 Å². The first-order chi connectivity index (χ1) is 34.8. The zero-order chi connectivity index (χ0) is 55.7. The molecule has 74 heavy (non-hydrogen) atoms. The number of carbonyl (C=O) groups is 10. The minimum atomic E-state index is -1.74. The number of hydrogen-bond donors (Lipinski definition) is 15. The standard InChI is InChI=1S/C46H76N16O11S/c1-24(2)19-32(44(72)73)60-42(70)36(25(3)4)61-39(67)29(14-9-17-54-46(51)52)57-40(68)30(21-34(48)63)58-38(66)28(13-8-16-53-45(49)50)56-35(64)22-55-41(69)33-15-10-18-62(33)43(71)31(59-37(65)27(47)23-74)20-26-11-6-5-7-12-26/h5-7,11-12,24-25,27-33,36,74H,8-10,13-23,47H2,1-4H3,(H2,48,63)(H,55,69)(H,56,64)(H,57,68)(H,58,66)(H,59,65)(H,60,70)(H,61,67)(H,72,73)(H4,49,50,53)(H4,51,52,54)/t27-,28-,29-,30-,31-,32-,33-,36-/m0/s1. The molecule has 412 valence electrons. The van der Waals surface area contributed by atoms with Crippen LogP contribution in [-0.2, 0) is 54.4 Å². The molecule has 0 aromatic heterocycles. The second kappa shape index (κ2) is 32.1. The highest BCUT2D eigenvalue weighted by Gasteiger charge is 2.39. The zero-order valence-electron chi connectivity index (χ0n) is 42.3. The van der Waals surface area contributed by atoms with E-state index >= 15 is 0 Å². The van der Waals surface area contributed by atoms with Gasteiger partial charge in [0.15, 0.2) is 11.9 Å². The Labute approximate surface area is 435 Å². The lowest BCUT2D eigenvalue weighted by molar-refractivity contribution is -0.143. The van der Waals surface area contributed by atoms with Gasteiger partial charge in [0, 0.05) is 31.8 Å². The van der Waals surface area contributed by atoms with Crippen LogP contribution in [-0.4, -0.2) is 161 Å². The molecule has 1 aromatic rings. The van der Waals surface area contributed by atoms with E-state index in [9.17, 15) is 53.1 Å². The van der Waals surface area contributed by atoms with Crippen molar-refractivity contribution in [3.05, 3.63) is 35.9 Å². The Bertz CT molecular complexity index is 2160. The number of carboxylic acids is 1. The number of hydrogen-bond acceptors (Lipinski definition) is 14. The van der Waals surface area contributed by atoms with Crippen molar-refractivity contribution >= 4 is 83.7 Å². The van der Waals surface area contributed by atoms with Crippen molar-refractivity contribution in [2.45, 2.75) is 134 Å². The Morgan fingerprint density at radius 2 is 1.23 bits per heavy atom. The van der Waals surface area contributed by atoms with Gasteiger partial charge < -0.3 is 81.6 Å². The monoisotopic (exact) mass is 1060 g/mol. The molecule has 1 aromatic carbocycles. The summed E-state index contributed by atoms with van der Waals surface area (Å²) < 4.78 is 0. The predicted molar refractivity (Wildman–Crippen MR) is 277 cm³/mol. The normalized spacial score (nSPS) is 15.9. The number of guanidine groups is 2. The summed E-state index contributed by atoms with van der Waals surface area (Å²) in [5.41, 5.74) is 33.9. The average molecular weight is 1060 g/mol. The molecule has 1 fully saturated rings. The van der Waals surface area contributed by atoms with Gasteiger partial charge in [-0.05, 0) is 62.3 Å². The number of thiol groups is 1. The molecule has 0 aliphatic carbocycles. The highest BCUT2D eigenvalue weighted by atomic mass is 32.1. The van der Waals surface area contributed by atoms with Crippen LogP contribution in [0, 0.1) is 11.8 Å². The quantitative estimate of drug-likeness (QED) is 0.0139. The van der Waals surface area contributed by atoms with Gasteiger partial charge in [0.25, 0.3) is 0 Å². The summed E-state index contributed by atoms with van der Waals surface area (Å²) in [7, 11) is 0. The number of likely N-dealkylation sites (tertiary alicyclic amines) is 1. The van der Waals surface area contributed by atoms with E-state index in [0.717, 1.165) is 5.56 Å². The molecule has 1 aliphatic rings. The summed E-state index contributed by atoms with van der Waals surface area (Å²) in [6, 6.07) is -1.39. The summed E-state index contributed by atoms with van der Waals surface area (Å²) in [4.78, 5) is 142. The first-order valence-electron chi connectivity index (χ1n) is 24.3. The van der Waals surface area contributed by atoms with Gasteiger partial charge in [-0.25, -0.2) is 4.79 Å². The number of carbonyl (C=O) groups excluding carboxylic acids is 9. The molecule has 0 spiro atoms. The Morgan fingerprint density at radius 3 is 1.76 bits per heavy atom. The summed E-state index contributed by atoms with van der Waals surface area (Å²) in [5.74, 6) is -9.95. The Hall–Kier alpha value is -7.23. The molecule has 27 nitrogen and oxygen atoms in total. The number of aliphatic imine (C=N–C) groups is 2. The van der Waals surface area contributed by atoms with Crippen LogP contribution in [0.15, 0.2) is 40.3 Å². The Morgan fingerprint density at radius 1 is 0.703 bits per heavy atom. The van der Waals surface area contributed by atoms with Crippen LogP contribution in [0.1, 0.15) is 84.6 Å². The number of rotatable bonds is 32. The minimum Gasteiger partial charge on any atom is -0.480 e. The third-order valence-electron chi connectivity index (χ3n) is 11.5. The summed E-state index contributed by atoms with van der Waals surface area (Å²) in [6.07, 6.45) is -0.000574. The lowest BCUT2D eigenvalue weighted by Crippen LogP contribution is -2.60. The third-order valence-corrected chi connectivity index (χ3v) is 11.9. The zero-order valence-corrected chi connectivity index (χ0v) is 43.2. The first-order valence-corrected chi connectivity index (χ1v) is 24.9. The molecule has 1 saturated heterocycles. The Balaban J connectivity index is 2.33. The molecule has 20 N–H and O–H groups in total. The molecular formula is C46H76N16O11S. The number of nitrogens with one attached hydrogen (secondary N) is 7. The minimum absolute atomic E-state index is 0.00247. The van der Waals surface area contributed by atoms with E-state index in [1.807, 2.05) is 0 Å². The number of nitrogens with two attached hydrogens (primary N) is 6. The number of primary amides is 1. The highest BCUT2D eigenvalue weighted by molar-refractivity contribution is 7.80. The second-order valence-electron chi connectivity index (χ2n) is 18.5. The topological polar surface area (TPSA) is 459 Å². The van der Waals surface area contributed by atoms with E-state index in [1.54, 1.807) is 58.0 Å². The SMILES string of the molecule is CC(C)C[C@H](NC(=O)[C@@H](NC(=O)[C@H](CCCN=C(N)N)NC(=O)[C@H](CC(N)=O)NC(=O)[C@H](CCCN=C(N)N)NC(=O)CNC(=O)[C@@H]1CCCN1C(=O)[C@H](Cc1ccccc1)NC(=O)[C@@H](N)CS)C(C)C)C(=O)O. The fourth-order valence-electron chi connectivity index (χ4n) is 7.69. The lowest BCUT2D eigenvalue weighted by atomic mass is 9.99. The molecule has 1 aliphatic heterocycles. The van der Waals surface area contributed by atoms with Crippen LogP contribution >= 0.6 is 12.6 Å². The predicted octanol–water partition coefficient (Wildman–Crippen LogP) is -4.73. The van der Waals surface area contributed by atoms with Gasteiger partial charge >= 0.3 is 5.97 Å². The third kappa shape index (κ3) is 22.7. The molecule has 0 unspecified atom stereocenters. The molecule has 0 saturated carbocycles. The maximum absolute atomic E-state index is 14.0. The summed E-state index contributed by atoms with van der Waals surface area (Å²) in [5, 5.41) is 27.3.